The van der Waals surface area contributed by atoms with Crippen LogP contribution in [0.15, 0.2) is 53.0 Å². The van der Waals surface area contributed by atoms with E-state index < -0.39 is 0 Å². The van der Waals surface area contributed by atoms with E-state index in [4.69, 9.17) is 4.74 Å². The molecular weight excluding hydrogens is 342 g/mol. The Hall–Kier alpha value is -1.81. The molecule has 22 heavy (non-hydrogen) atoms. The maximum absolute atomic E-state index is 12.5. The van der Waals surface area contributed by atoms with Crippen LogP contribution >= 0.6 is 15.9 Å². The van der Waals surface area contributed by atoms with Crippen molar-refractivity contribution in [2.24, 2.45) is 0 Å². The maximum atomic E-state index is 12.5. The summed E-state index contributed by atoms with van der Waals surface area (Å²) in [5.74, 6) is 0. The summed E-state index contributed by atoms with van der Waals surface area (Å²) in [6.07, 6.45) is 1.66. The van der Waals surface area contributed by atoms with Crippen molar-refractivity contribution in [2.75, 3.05) is 4.90 Å². The van der Waals surface area contributed by atoms with Crippen LogP contribution in [-0.2, 0) is 17.8 Å². The SMILES string of the molecule is CC1CCc2ccc(Br)cc2N1C(=O)OCc1ccccc1. The molecule has 3 rings (SSSR count). The summed E-state index contributed by atoms with van der Waals surface area (Å²) in [6, 6.07) is 16.0. The van der Waals surface area contributed by atoms with E-state index in [1.807, 2.05) is 42.5 Å². The lowest BCUT2D eigenvalue weighted by Crippen LogP contribution is -2.42. The van der Waals surface area contributed by atoms with Crippen LogP contribution in [0.2, 0.25) is 0 Å². The summed E-state index contributed by atoms with van der Waals surface area (Å²) in [4.78, 5) is 14.3. The Morgan fingerprint density at radius 1 is 1.27 bits per heavy atom. The first-order valence-electron chi connectivity index (χ1n) is 7.43. The molecule has 0 saturated heterocycles. The number of hydrogen-bond acceptors (Lipinski definition) is 2. The van der Waals surface area contributed by atoms with Crippen molar-refractivity contribution in [1.29, 1.82) is 0 Å². The molecule has 3 nitrogen and oxygen atoms in total. The van der Waals surface area contributed by atoms with Gasteiger partial charge in [0.1, 0.15) is 6.61 Å². The first-order chi connectivity index (χ1) is 10.6. The number of ether oxygens (including phenoxy) is 1. The summed E-state index contributed by atoms with van der Waals surface area (Å²) < 4.78 is 6.48. The number of benzene rings is 2. The van der Waals surface area contributed by atoms with E-state index >= 15 is 0 Å². The van der Waals surface area contributed by atoms with E-state index in [-0.39, 0.29) is 12.1 Å². The maximum Gasteiger partial charge on any atom is 0.414 e. The van der Waals surface area contributed by atoms with Crippen molar-refractivity contribution in [1.82, 2.24) is 0 Å². The molecule has 1 heterocycles. The van der Waals surface area contributed by atoms with Crippen molar-refractivity contribution in [2.45, 2.75) is 32.4 Å². The number of hydrogen-bond donors (Lipinski definition) is 0. The number of nitrogens with zero attached hydrogens (tertiary/aromatic N) is 1. The van der Waals surface area contributed by atoms with Gasteiger partial charge in [-0.05, 0) is 43.0 Å². The summed E-state index contributed by atoms with van der Waals surface area (Å²) >= 11 is 3.48. The minimum atomic E-state index is -0.282. The van der Waals surface area contributed by atoms with Gasteiger partial charge in [-0.1, -0.05) is 52.3 Å². The highest BCUT2D eigenvalue weighted by atomic mass is 79.9. The molecule has 114 valence electrons. The second kappa shape index (κ2) is 6.53. The molecule has 4 heteroatoms. The lowest BCUT2D eigenvalue weighted by molar-refractivity contribution is 0.144. The van der Waals surface area contributed by atoms with Gasteiger partial charge >= 0.3 is 6.09 Å². The Bertz CT molecular complexity index is 672. The molecule has 1 atom stereocenters. The molecular formula is C18H18BrNO2. The number of anilines is 1. The van der Waals surface area contributed by atoms with Crippen LogP contribution in [0.5, 0.6) is 0 Å². The zero-order chi connectivity index (χ0) is 15.5. The van der Waals surface area contributed by atoms with Crippen LogP contribution in [0.25, 0.3) is 0 Å². The largest absolute Gasteiger partial charge is 0.444 e. The van der Waals surface area contributed by atoms with Gasteiger partial charge in [-0.15, -0.1) is 0 Å². The fraction of sp³-hybridized carbons (Fsp3) is 0.278. The lowest BCUT2D eigenvalue weighted by Gasteiger charge is -2.34. The smallest absolute Gasteiger partial charge is 0.414 e. The van der Waals surface area contributed by atoms with Gasteiger partial charge in [0, 0.05) is 10.5 Å². The highest BCUT2D eigenvalue weighted by Crippen LogP contribution is 2.33. The van der Waals surface area contributed by atoms with E-state index in [1.54, 1.807) is 4.90 Å². The van der Waals surface area contributed by atoms with Crippen LogP contribution in [0.1, 0.15) is 24.5 Å². The van der Waals surface area contributed by atoms with Gasteiger partial charge in [-0.3, -0.25) is 4.90 Å². The van der Waals surface area contributed by atoms with E-state index in [0.717, 1.165) is 28.6 Å². The minimum Gasteiger partial charge on any atom is -0.444 e. The number of carbonyl (C=O) groups excluding carboxylic acids is 1. The first kappa shape index (κ1) is 15.1. The molecule has 1 amide bonds. The standard InChI is InChI=1S/C18H18BrNO2/c1-13-7-8-15-9-10-16(19)11-17(15)20(13)18(21)22-12-14-5-3-2-4-6-14/h2-6,9-11,13H,7-8,12H2,1H3. The molecule has 0 fully saturated rings. The summed E-state index contributed by atoms with van der Waals surface area (Å²) in [5, 5.41) is 0. The Balaban J connectivity index is 1.78. The average Bonchev–Trinajstić information content (AvgIpc) is 2.53. The van der Waals surface area contributed by atoms with Crippen LogP contribution in [-0.4, -0.2) is 12.1 Å². The molecule has 1 aliphatic rings. The molecule has 0 spiro atoms. The van der Waals surface area contributed by atoms with E-state index in [2.05, 4.69) is 28.9 Å². The molecule has 2 aromatic rings. The number of amides is 1. The van der Waals surface area contributed by atoms with Gasteiger partial charge in [0.05, 0.1) is 5.69 Å². The molecule has 0 aliphatic carbocycles. The van der Waals surface area contributed by atoms with E-state index in [9.17, 15) is 4.79 Å². The number of fused-ring (bicyclic) bond motifs is 1. The summed E-state index contributed by atoms with van der Waals surface area (Å²) in [6.45, 7) is 2.36. The zero-order valence-corrected chi connectivity index (χ0v) is 14.0. The van der Waals surface area contributed by atoms with Crippen molar-refractivity contribution >= 4 is 27.7 Å². The lowest BCUT2D eigenvalue weighted by atomic mass is 9.97. The number of halogens is 1. The van der Waals surface area contributed by atoms with Crippen molar-refractivity contribution in [3.63, 3.8) is 0 Å². The normalized spacial score (nSPS) is 17.0. The number of carbonyl (C=O) groups is 1. The van der Waals surface area contributed by atoms with E-state index in [1.165, 1.54) is 5.56 Å². The van der Waals surface area contributed by atoms with Gasteiger partial charge in [0.25, 0.3) is 0 Å². The Morgan fingerprint density at radius 3 is 2.82 bits per heavy atom. The molecule has 0 aromatic heterocycles. The van der Waals surface area contributed by atoms with Gasteiger partial charge in [0.15, 0.2) is 0 Å². The first-order valence-corrected chi connectivity index (χ1v) is 8.23. The zero-order valence-electron chi connectivity index (χ0n) is 12.5. The highest BCUT2D eigenvalue weighted by Gasteiger charge is 2.29. The molecule has 0 bridgehead atoms. The van der Waals surface area contributed by atoms with Gasteiger partial charge in [0.2, 0.25) is 0 Å². The number of rotatable bonds is 2. The minimum absolute atomic E-state index is 0.144. The molecule has 0 N–H and O–H groups in total. The Kier molecular flexibility index (Phi) is 4.48. The van der Waals surface area contributed by atoms with E-state index in [0.29, 0.717) is 6.61 Å². The molecule has 1 unspecified atom stereocenters. The number of aryl methyl sites for hydroxylation is 1. The molecule has 0 saturated carbocycles. The van der Waals surface area contributed by atoms with Gasteiger partial charge < -0.3 is 4.74 Å². The fourth-order valence-corrected chi connectivity index (χ4v) is 3.12. The second-order valence-corrected chi connectivity index (χ2v) is 6.49. The third-order valence-electron chi connectivity index (χ3n) is 3.98. The predicted molar refractivity (Wildman–Crippen MR) is 91.0 cm³/mol. The topological polar surface area (TPSA) is 29.5 Å². The summed E-state index contributed by atoms with van der Waals surface area (Å²) in [5.41, 5.74) is 3.14. The molecule has 2 aromatic carbocycles. The van der Waals surface area contributed by atoms with Crippen LogP contribution < -0.4 is 4.90 Å². The third-order valence-corrected chi connectivity index (χ3v) is 4.47. The molecule has 0 radical (unpaired) electrons. The third kappa shape index (κ3) is 3.17. The second-order valence-electron chi connectivity index (χ2n) is 5.57. The van der Waals surface area contributed by atoms with Crippen LogP contribution in [0, 0.1) is 0 Å². The molecule has 1 aliphatic heterocycles. The fourth-order valence-electron chi connectivity index (χ4n) is 2.77. The van der Waals surface area contributed by atoms with Crippen LogP contribution in [0.4, 0.5) is 10.5 Å². The van der Waals surface area contributed by atoms with Gasteiger partial charge in [-0.25, -0.2) is 4.79 Å². The van der Waals surface area contributed by atoms with Gasteiger partial charge in [-0.2, -0.15) is 0 Å². The monoisotopic (exact) mass is 359 g/mol. The van der Waals surface area contributed by atoms with Crippen LogP contribution in [0.3, 0.4) is 0 Å². The quantitative estimate of drug-likeness (QED) is 0.760. The highest BCUT2D eigenvalue weighted by molar-refractivity contribution is 9.10. The summed E-state index contributed by atoms with van der Waals surface area (Å²) in [7, 11) is 0. The van der Waals surface area contributed by atoms with Crippen molar-refractivity contribution in [3.8, 4) is 0 Å². The van der Waals surface area contributed by atoms with Crippen molar-refractivity contribution in [3.05, 3.63) is 64.1 Å². The van der Waals surface area contributed by atoms with Crippen molar-refractivity contribution < 1.29 is 9.53 Å². The Labute approximate surface area is 139 Å². The average molecular weight is 360 g/mol. The Morgan fingerprint density at radius 2 is 2.05 bits per heavy atom. The predicted octanol–water partition coefficient (Wildman–Crippen LogP) is 4.93.